The Morgan fingerprint density at radius 2 is 2.17 bits per heavy atom. The molecular weight excluding hydrogens is 248 g/mol. The zero-order chi connectivity index (χ0) is 13.0. The van der Waals surface area contributed by atoms with Crippen LogP contribution in [0.1, 0.15) is 45.1 Å². The highest BCUT2D eigenvalue weighted by Gasteiger charge is 2.18. The summed E-state index contributed by atoms with van der Waals surface area (Å²) in [6, 6.07) is 2.40. The summed E-state index contributed by atoms with van der Waals surface area (Å²) in [5.41, 5.74) is 1.09. The van der Waals surface area contributed by atoms with Crippen LogP contribution >= 0.6 is 11.6 Å². The van der Waals surface area contributed by atoms with Crippen LogP contribution in [-0.2, 0) is 6.54 Å². The van der Waals surface area contributed by atoms with Crippen molar-refractivity contribution in [2.45, 2.75) is 58.2 Å². The Labute approximate surface area is 114 Å². The maximum absolute atomic E-state index is 6.21. The second-order valence-corrected chi connectivity index (χ2v) is 5.60. The van der Waals surface area contributed by atoms with Crippen LogP contribution < -0.4 is 10.1 Å². The molecule has 0 aliphatic heterocycles. The van der Waals surface area contributed by atoms with Gasteiger partial charge in [0.25, 0.3) is 0 Å². The van der Waals surface area contributed by atoms with Gasteiger partial charge in [0.15, 0.2) is 0 Å². The lowest BCUT2D eigenvalue weighted by molar-refractivity contribution is 0.201. The Morgan fingerprint density at radius 3 is 2.78 bits per heavy atom. The number of ether oxygens (including phenoxy) is 1. The van der Waals surface area contributed by atoms with E-state index in [4.69, 9.17) is 16.3 Å². The first kappa shape index (κ1) is 13.6. The van der Waals surface area contributed by atoms with Crippen LogP contribution in [0.3, 0.4) is 0 Å². The smallest absolute Gasteiger partial charge is 0.232 e. The van der Waals surface area contributed by atoms with Gasteiger partial charge >= 0.3 is 0 Å². The van der Waals surface area contributed by atoms with Gasteiger partial charge in [0.05, 0.1) is 0 Å². The van der Waals surface area contributed by atoms with Gasteiger partial charge in [-0.05, 0) is 37.3 Å². The lowest BCUT2D eigenvalue weighted by Crippen LogP contribution is -2.22. The third kappa shape index (κ3) is 3.85. The molecule has 4 heteroatoms. The molecule has 1 heterocycles. The molecular formula is C14H21ClN2O. The Morgan fingerprint density at radius 1 is 1.44 bits per heavy atom. The largest absolute Gasteiger partial charge is 0.473 e. The van der Waals surface area contributed by atoms with E-state index in [1.807, 2.05) is 12.3 Å². The molecule has 0 spiro atoms. The van der Waals surface area contributed by atoms with E-state index in [1.165, 1.54) is 12.8 Å². The highest BCUT2D eigenvalue weighted by atomic mass is 35.5. The van der Waals surface area contributed by atoms with Crippen LogP contribution in [0.4, 0.5) is 0 Å². The molecule has 18 heavy (non-hydrogen) atoms. The normalized spacial score (nSPS) is 16.4. The molecule has 100 valence electrons. The van der Waals surface area contributed by atoms with Crippen molar-refractivity contribution in [3.63, 3.8) is 0 Å². The molecule has 0 amide bonds. The van der Waals surface area contributed by atoms with Crippen LogP contribution in [0.5, 0.6) is 5.88 Å². The number of hydrogen-bond donors (Lipinski definition) is 1. The predicted molar refractivity (Wildman–Crippen MR) is 74.1 cm³/mol. The lowest BCUT2D eigenvalue weighted by Gasteiger charge is -2.14. The molecule has 1 aromatic heterocycles. The Bertz CT molecular complexity index is 389. The van der Waals surface area contributed by atoms with Crippen LogP contribution in [0.15, 0.2) is 12.3 Å². The number of rotatable bonds is 5. The van der Waals surface area contributed by atoms with E-state index in [0.29, 0.717) is 23.0 Å². The standard InChI is InChI=1S/C14H21ClN2O/c1-10(2)16-8-11-7-13(15)14(17-9-11)18-12-5-3-4-6-12/h7,9-10,12,16H,3-6,8H2,1-2H3. The zero-order valence-electron chi connectivity index (χ0n) is 11.1. The maximum atomic E-state index is 6.21. The number of pyridine rings is 1. The summed E-state index contributed by atoms with van der Waals surface area (Å²) in [6.45, 7) is 5.02. The summed E-state index contributed by atoms with van der Waals surface area (Å²) in [6.07, 6.45) is 6.88. The number of aromatic nitrogens is 1. The minimum Gasteiger partial charge on any atom is -0.473 e. The highest BCUT2D eigenvalue weighted by Crippen LogP contribution is 2.28. The van der Waals surface area contributed by atoms with E-state index in [2.05, 4.69) is 24.1 Å². The van der Waals surface area contributed by atoms with E-state index in [9.17, 15) is 0 Å². The van der Waals surface area contributed by atoms with Crippen LogP contribution in [0, 0.1) is 0 Å². The minimum atomic E-state index is 0.301. The van der Waals surface area contributed by atoms with Crippen molar-refractivity contribution in [1.29, 1.82) is 0 Å². The van der Waals surface area contributed by atoms with Gasteiger partial charge in [-0.25, -0.2) is 4.98 Å². The summed E-state index contributed by atoms with van der Waals surface area (Å²) < 4.78 is 5.82. The number of nitrogens with one attached hydrogen (secondary N) is 1. The summed E-state index contributed by atoms with van der Waals surface area (Å²) in [5.74, 6) is 0.580. The monoisotopic (exact) mass is 268 g/mol. The summed E-state index contributed by atoms with van der Waals surface area (Å²) >= 11 is 6.21. The molecule has 2 rings (SSSR count). The van der Waals surface area contributed by atoms with E-state index in [0.717, 1.165) is 24.9 Å². The minimum absolute atomic E-state index is 0.301. The quantitative estimate of drug-likeness (QED) is 0.887. The predicted octanol–water partition coefficient (Wildman–Crippen LogP) is 3.55. The molecule has 0 atom stereocenters. The molecule has 0 radical (unpaired) electrons. The van der Waals surface area contributed by atoms with Gasteiger partial charge in [-0.3, -0.25) is 0 Å². The molecule has 1 saturated carbocycles. The second-order valence-electron chi connectivity index (χ2n) is 5.19. The van der Waals surface area contributed by atoms with Gasteiger partial charge < -0.3 is 10.1 Å². The average Bonchev–Trinajstić information content (AvgIpc) is 2.82. The Hall–Kier alpha value is -0.800. The van der Waals surface area contributed by atoms with Gasteiger partial charge in [-0.15, -0.1) is 0 Å². The van der Waals surface area contributed by atoms with E-state index in [-0.39, 0.29) is 0 Å². The van der Waals surface area contributed by atoms with Crippen molar-refractivity contribution in [2.24, 2.45) is 0 Å². The molecule has 1 aliphatic carbocycles. The molecule has 0 saturated heterocycles. The van der Waals surface area contributed by atoms with Crippen molar-refractivity contribution in [2.75, 3.05) is 0 Å². The number of halogens is 1. The fraction of sp³-hybridized carbons (Fsp3) is 0.643. The molecule has 0 aromatic carbocycles. The molecule has 1 fully saturated rings. The highest BCUT2D eigenvalue weighted by molar-refractivity contribution is 6.31. The molecule has 1 aliphatic rings. The third-order valence-corrected chi connectivity index (χ3v) is 3.43. The van der Waals surface area contributed by atoms with Crippen LogP contribution in [0.25, 0.3) is 0 Å². The fourth-order valence-corrected chi connectivity index (χ4v) is 2.37. The molecule has 0 unspecified atom stereocenters. The van der Waals surface area contributed by atoms with Gasteiger partial charge in [-0.2, -0.15) is 0 Å². The topological polar surface area (TPSA) is 34.2 Å². The lowest BCUT2D eigenvalue weighted by atomic mass is 10.2. The van der Waals surface area contributed by atoms with Crippen molar-refractivity contribution < 1.29 is 4.74 Å². The summed E-state index contributed by atoms with van der Waals surface area (Å²) in [7, 11) is 0. The van der Waals surface area contributed by atoms with Gasteiger partial charge in [0, 0.05) is 18.8 Å². The fourth-order valence-electron chi connectivity index (χ4n) is 2.13. The van der Waals surface area contributed by atoms with E-state index in [1.54, 1.807) is 0 Å². The van der Waals surface area contributed by atoms with Crippen LogP contribution in [-0.4, -0.2) is 17.1 Å². The van der Waals surface area contributed by atoms with Crippen LogP contribution in [0.2, 0.25) is 5.02 Å². The Balaban J connectivity index is 1.95. The first-order valence-electron chi connectivity index (χ1n) is 6.69. The Kier molecular flexibility index (Phi) is 4.84. The molecule has 1 aromatic rings. The SMILES string of the molecule is CC(C)NCc1cnc(OC2CCCC2)c(Cl)c1. The first-order chi connectivity index (χ1) is 8.65. The summed E-state index contributed by atoms with van der Waals surface area (Å²) in [4.78, 5) is 4.33. The van der Waals surface area contributed by atoms with Gasteiger partial charge in [0.2, 0.25) is 5.88 Å². The van der Waals surface area contributed by atoms with Gasteiger partial charge in [0.1, 0.15) is 11.1 Å². The molecule has 1 N–H and O–H groups in total. The number of nitrogens with zero attached hydrogens (tertiary/aromatic N) is 1. The van der Waals surface area contributed by atoms with Crippen molar-refractivity contribution in [3.05, 3.63) is 22.8 Å². The molecule has 0 bridgehead atoms. The first-order valence-corrected chi connectivity index (χ1v) is 7.07. The average molecular weight is 269 g/mol. The number of hydrogen-bond acceptors (Lipinski definition) is 3. The molecule has 3 nitrogen and oxygen atoms in total. The van der Waals surface area contributed by atoms with Crippen molar-refractivity contribution in [1.82, 2.24) is 10.3 Å². The van der Waals surface area contributed by atoms with Crippen molar-refractivity contribution in [3.8, 4) is 5.88 Å². The van der Waals surface area contributed by atoms with E-state index < -0.39 is 0 Å². The summed E-state index contributed by atoms with van der Waals surface area (Å²) in [5, 5.41) is 3.96. The second kappa shape index (κ2) is 6.39. The van der Waals surface area contributed by atoms with Crippen molar-refractivity contribution >= 4 is 11.6 Å². The third-order valence-electron chi connectivity index (χ3n) is 3.16. The maximum Gasteiger partial charge on any atom is 0.232 e. The van der Waals surface area contributed by atoms with E-state index >= 15 is 0 Å². The van der Waals surface area contributed by atoms with Gasteiger partial charge in [-0.1, -0.05) is 25.4 Å². The zero-order valence-corrected chi connectivity index (χ0v) is 11.8.